The smallest absolute Gasteiger partial charge is 0.225 e. The highest BCUT2D eigenvalue weighted by molar-refractivity contribution is 9.10. The maximum absolute atomic E-state index is 12.1. The summed E-state index contributed by atoms with van der Waals surface area (Å²) in [7, 11) is 0. The van der Waals surface area contributed by atoms with Crippen LogP contribution in [0.3, 0.4) is 0 Å². The lowest BCUT2D eigenvalue weighted by atomic mass is 10.1. The van der Waals surface area contributed by atoms with Gasteiger partial charge in [0.15, 0.2) is 0 Å². The molecule has 0 aromatic carbocycles. The first-order chi connectivity index (χ1) is 9.88. The van der Waals surface area contributed by atoms with Gasteiger partial charge < -0.3 is 9.73 Å². The van der Waals surface area contributed by atoms with E-state index in [9.17, 15) is 4.79 Å². The van der Waals surface area contributed by atoms with Crippen molar-refractivity contribution < 1.29 is 9.21 Å². The minimum absolute atomic E-state index is 0.00673. The van der Waals surface area contributed by atoms with E-state index in [1.807, 2.05) is 44.5 Å². The topological polar surface area (TPSA) is 60.1 Å². The molecule has 6 heteroatoms. The van der Waals surface area contributed by atoms with Gasteiger partial charge in [0.2, 0.25) is 5.91 Å². The van der Waals surface area contributed by atoms with E-state index in [1.54, 1.807) is 0 Å². The van der Waals surface area contributed by atoms with Crippen LogP contribution in [0.4, 0.5) is 0 Å². The lowest BCUT2D eigenvalue weighted by Crippen LogP contribution is -2.31. The summed E-state index contributed by atoms with van der Waals surface area (Å²) in [6.45, 7) is 8.68. The van der Waals surface area contributed by atoms with Crippen LogP contribution < -0.4 is 5.32 Å². The Labute approximate surface area is 132 Å². The number of aromatic nitrogens is 2. The SMILES string of the molecule is Cc1ccc(CNC(=O)[C@H](C)Cn2nc(C)c(Br)c2C)o1. The highest BCUT2D eigenvalue weighted by Crippen LogP contribution is 2.20. The third-order valence-electron chi connectivity index (χ3n) is 3.42. The Bertz CT molecular complexity index is 645. The summed E-state index contributed by atoms with van der Waals surface area (Å²) in [6.07, 6.45) is 0. The van der Waals surface area contributed by atoms with Gasteiger partial charge in [-0.15, -0.1) is 0 Å². The summed E-state index contributed by atoms with van der Waals surface area (Å²) in [6, 6.07) is 3.76. The molecule has 0 aliphatic rings. The molecule has 21 heavy (non-hydrogen) atoms. The third kappa shape index (κ3) is 3.75. The average molecular weight is 354 g/mol. The molecular formula is C15H20BrN3O2. The minimum Gasteiger partial charge on any atom is -0.465 e. The van der Waals surface area contributed by atoms with Crippen LogP contribution in [0.2, 0.25) is 0 Å². The van der Waals surface area contributed by atoms with Gasteiger partial charge in [0.1, 0.15) is 11.5 Å². The molecule has 0 radical (unpaired) electrons. The first-order valence-corrected chi connectivity index (χ1v) is 7.70. The van der Waals surface area contributed by atoms with Gasteiger partial charge in [0.25, 0.3) is 0 Å². The molecule has 0 unspecified atom stereocenters. The standard InChI is InChI=1S/C15H20BrN3O2/c1-9(8-19-12(4)14(16)11(3)18-19)15(20)17-7-13-6-5-10(2)21-13/h5-6,9H,7-8H2,1-4H3,(H,17,20)/t9-/m1/s1. The van der Waals surface area contributed by atoms with E-state index in [0.717, 1.165) is 27.4 Å². The number of halogens is 1. The number of rotatable bonds is 5. The zero-order valence-electron chi connectivity index (χ0n) is 12.7. The van der Waals surface area contributed by atoms with Gasteiger partial charge in [-0.25, -0.2) is 0 Å². The largest absolute Gasteiger partial charge is 0.465 e. The fourth-order valence-electron chi connectivity index (χ4n) is 2.12. The highest BCUT2D eigenvalue weighted by Gasteiger charge is 2.17. The fourth-order valence-corrected chi connectivity index (χ4v) is 2.41. The summed E-state index contributed by atoms with van der Waals surface area (Å²) in [5.74, 6) is 1.44. The normalized spacial score (nSPS) is 12.4. The molecule has 1 amide bonds. The Balaban J connectivity index is 1.91. The molecule has 0 aliphatic heterocycles. The van der Waals surface area contributed by atoms with Crippen LogP contribution in [0.1, 0.15) is 29.8 Å². The zero-order valence-corrected chi connectivity index (χ0v) is 14.3. The second-order valence-corrected chi connectivity index (χ2v) is 6.09. The van der Waals surface area contributed by atoms with Gasteiger partial charge in [0, 0.05) is 5.69 Å². The Morgan fingerprint density at radius 3 is 2.67 bits per heavy atom. The van der Waals surface area contributed by atoms with Crippen molar-refractivity contribution in [2.75, 3.05) is 0 Å². The molecule has 5 nitrogen and oxygen atoms in total. The Kier molecular flexibility index (Phi) is 4.88. The van der Waals surface area contributed by atoms with Gasteiger partial charge in [-0.2, -0.15) is 5.10 Å². The molecule has 2 aromatic heterocycles. The number of aryl methyl sites for hydroxylation is 2. The fraction of sp³-hybridized carbons (Fsp3) is 0.467. The molecule has 0 aliphatic carbocycles. The monoisotopic (exact) mass is 353 g/mol. The van der Waals surface area contributed by atoms with E-state index in [0.29, 0.717) is 13.1 Å². The van der Waals surface area contributed by atoms with Gasteiger partial charge in [-0.3, -0.25) is 9.48 Å². The highest BCUT2D eigenvalue weighted by atomic mass is 79.9. The van der Waals surface area contributed by atoms with Crippen molar-refractivity contribution in [1.29, 1.82) is 0 Å². The maximum atomic E-state index is 12.1. The number of nitrogens with one attached hydrogen (secondary N) is 1. The van der Waals surface area contributed by atoms with Gasteiger partial charge in [-0.05, 0) is 48.8 Å². The number of amides is 1. The number of hydrogen-bond donors (Lipinski definition) is 1. The first-order valence-electron chi connectivity index (χ1n) is 6.91. The molecule has 114 valence electrons. The van der Waals surface area contributed by atoms with Crippen LogP contribution in [0.15, 0.2) is 21.0 Å². The molecular weight excluding hydrogens is 334 g/mol. The average Bonchev–Trinajstić information content (AvgIpc) is 2.96. The van der Waals surface area contributed by atoms with Crippen LogP contribution in [0, 0.1) is 26.7 Å². The molecule has 0 fully saturated rings. The van der Waals surface area contributed by atoms with Crippen LogP contribution in [0.25, 0.3) is 0 Å². The zero-order chi connectivity index (χ0) is 15.6. The van der Waals surface area contributed by atoms with Crippen molar-refractivity contribution in [3.8, 4) is 0 Å². The van der Waals surface area contributed by atoms with Crippen molar-refractivity contribution in [3.05, 3.63) is 39.5 Å². The van der Waals surface area contributed by atoms with E-state index >= 15 is 0 Å². The van der Waals surface area contributed by atoms with Crippen molar-refractivity contribution in [2.45, 2.75) is 40.8 Å². The molecule has 0 spiro atoms. The Morgan fingerprint density at radius 1 is 1.43 bits per heavy atom. The molecule has 2 heterocycles. The van der Waals surface area contributed by atoms with Crippen LogP contribution in [-0.2, 0) is 17.9 Å². The summed E-state index contributed by atoms with van der Waals surface area (Å²) >= 11 is 3.49. The predicted octanol–water partition coefficient (Wildman–Crippen LogP) is 3.12. The summed E-state index contributed by atoms with van der Waals surface area (Å²) in [5.41, 5.74) is 1.97. The second-order valence-electron chi connectivity index (χ2n) is 5.30. The lowest BCUT2D eigenvalue weighted by Gasteiger charge is -2.13. The number of nitrogens with zero attached hydrogens (tertiary/aromatic N) is 2. The van der Waals surface area contributed by atoms with Crippen molar-refractivity contribution in [3.63, 3.8) is 0 Å². The molecule has 2 aromatic rings. The van der Waals surface area contributed by atoms with E-state index in [-0.39, 0.29) is 11.8 Å². The molecule has 2 rings (SSSR count). The first kappa shape index (κ1) is 15.8. The lowest BCUT2D eigenvalue weighted by molar-refractivity contribution is -0.125. The van der Waals surface area contributed by atoms with E-state index in [1.165, 1.54) is 0 Å². The summed E-state index contributed by atoms with van der Waals surface area (Å²) in [4.78, 5) is 12.1. The second kappa shape index (κ2) is 6.47. The maximum Gasteiger partial charge on any atom is 0.225 e. The van der Waals surface area contributed by atoms with E-state index in [4.69, 9.17) is 4.42 Å². The van der Waals surface area contributed by atoms with Crippen molar-refractivity contribution in [2.24, 2.45) is 5.92 Å². The summed E-state index contributed by atoms with van der Waals surface area (Å²) in [5, 5.41) is 7.31. The molecule has 1 N–H and O–H groups in total. The van der Waals surface area contributed by atoms with Gasteiger partial charge in [0.05, 0.1) is 29.2 Å². The number of hydrogen-bond acceptors (Lipinski definition) is 3. The van der Waals surface area contributed by atoms with Crippen LogP contribution in [-0.4, -0.2) is 15.7 Å². The Hall–Kier alpha value is -1.56. The van der Waals surface area contributed by atoms with Gasteiger partial charge in [-0.1, -0.05) is 6.92 Å². The number of carbonyl (C=O) groups is 1. The van der Waals surface area contributed by atoms with Crippen LogP contribution in [0.5, 0.6) is 0 Å². The minimum atomic E-state index is -0.161. The molecule has 1 atom stereocenters. The van der Waals surface area contributed by atoms with Crippen molar-refractivity contribution >= 4 is 21.8 Å². The molecule has 0 bridgehead atoms. The van der Waals surface area contributed by atoms with Crippen LogP contribution >= 0.6 is 15.9 Å². The number of carbonyl (C=O) groups excluding carboxylic acids is 1. The third-order valence-corrected chi connectivity index (χ3v) is 4.57. The van der Waals surface area contributed by atoms with Crippen molar-refractivity contribution in [1.82, 2.24) is 15.1 Å². The van der Waals surface area contributed by atoms with E-state index < -0.39 is 0 Å². The molecule has 0 saturated carbocycles. The quantitative estimate of drug-likeness (QED) is 0.898. The summed E-state index contributed by atoms with van der Waals surface area (Å²) < 4.78 is 8.29. The Morgan fingerprint density at radius 2 is 2.14 bits per heavy atom. The van der Waals surface area contributed by atoms with E-state index in [2.05, 4.69) is 26.3 Å². The molecule has 0 saturated heterocycles. The van der Waals surface area contributed by atoms with Gasteiger partial charge >= 0.3 is 0 Å². The predicted molar refractivity (Wildman–Crippen MR) is 83.9 cm³/mol. The number of furan rings is 1.